The Morgan fingerprint density at radius 2 is 2.50 bits per heavy atom. The summed E-state index contributed by atoms with van der Waals surface area (Å²) in [6, 6.07) is 0. The van der Waals surface area contributed by atoms with Gasteiger partial charge in [0.15, 0.2) is 0 Å². The lowest BCUT2D eigenvalue weighted by atomic mass is 10.3. The van der Waals surface area contributed by atoms with Gasteiger partial charge in [0.25, 0.3) is 0 Å². The Balaban J connectivity index is 3.46. The summed E-state index contributed by atoms with van der Waals surface area (Å²) < 4.78 is 16.6. The predicted octanol–water partition coefficient (Wildman–Crippen LogP) is 1.81. The molecule has 0 aromatic rings. The molecule has 0 amide bonds. The van der Waals surface area contributed by atoms with E-state index >= 15 is 0 Å². The molecule has 0 spiro atoms. The lowest BCUT2D eigenvalue weighted by Gasteiger charge is -2.05. The lowest BCUT2D eigenvalue weighted by Crippen LogP contribution is -2.10. The molecular formula is C7H11FO2. The molecule has 0 aromatic carbocycles. The molecule has 0 N–H and O–H groups in total. The average Bonchev–Trinajstić information content (AvgIpc) is 1.88. The van der Waals surface area contributed by atoms with Gasteiger partial charge < -0.3 is 4.74 Å². The van der Waals surface area contributed by atoms with Gasteiger partial charge >= 0.3 is 5.97 Å². The maximum atomic E-state index is 12.3. The molecule has 0 heterocycles. The van der Waals surface area contributed by atoms with Crippen molar-refractivity contribution in [3.05, 3.63) is 12.7 Å². The summed E-state index contributed by atoms with van der Waals surface area (Å²) in [6.45, 7) is 4.95. The normalized spacial score (nSPS) is 12.2. The second-order valence-corrected chi connectivity index (χ2v) is 1.84. The fraction of sp³-hybridized carbons (Fsp3) is 0.571. The molecule has 0 aliphatic rings. The molecule has 0 aromatic heterocycles. The highest BCUT2D eigenvalue weighted by atomic mass is 19.1. The molecule has 0 saturated carbocycles. The Hall–Kier alpha value is -0.860. The first kappa shape index (κ1) is 9.14. The summed E-state index contributed by atoms with van der Waals surface area (Å²) in [5.74, 6) is -0.707. The van der Waals surface area contributed by atoms with Crippen LogP contribution in [-0.2, 0) is 9.53 Å². The summed E-state index contributed by atoms with van der Waals surface area (Å²) in [5, 5.41) is 0. The topological polar surface area (TPSA) is 26.3 Å². The van der Waals surface area contributed by atoms with Crippen molar-refractivity contribution in [1.29, 1.82) is 0 Å². The number of halogens is 1. The fourth-order valence-corrected chi connectivity index (χ4v) is 0.460. The molecule has 0 fully saturated rings. The van der Waals surface area contributed by atoms with Gasteiger partial charge in [-0.1, -0.05) is 13.5 Å². The zero-order valence-corrected chi connectivity index (χ0v) is 5.97. The number of hydrogen-bond donors (Lipinski definition) is 0. The van der Waals surface area contributed by atoms with Crippen LogP contribution >= 0.6 is 0 Å². The van der Waals surface area contributed by atoms with E-state index in [-0.39, 0.29) is 6.42 Å². The van der Waals surface area contributed by atoms with Crippen LogP contribution in [0.25, 0.3) is 0 Å². The molecule has 1 atom stereocenters. The van der Waals surface area contributed by atoms with Crippen molar-refractivity contribution >= 4 is 5.97 Å². The summed E-state index contributed by atoms with van der Waals surface area (Å²) >= 11 is 0. The number of rotatable bonds is 4. The Labute approximate surface area is 59.7 Å². The highest BCUT2D eigenvalue weighted by Gasteiger charge is 2.07. The fourth-order valence-electron chi connectivity index (χ4n) is 0.460. The number of carbonyl (C=O) groups excluding carboxylic acids is 1. The zero-order valence-electron chi connectivity index (χ0n) is 5.97. The van der Waals surface area contributed by atoms with Crippen molar-refractivity contribution in [3.8, 4) is 0 Å². The molecule has 3 heteroatoms. The van der Waals surface area contributed by atoms with Crippen molar-refractivity contribution in [1.82, 2.24) is 0 Å². The van der Waals surface area contributed by atoms with Crippen molar-refractivity contribution in [2.75, 3.05) is 0 Å². The van der Waals surface area contributed by atoms with E-state index in [1.165, 1.54) is 0 Å². The number of carbonyl (C=O) groups is 1. The van der Waals surface area contributed by atoms with Gasteiger partial charge in [0.05, 0.1) is 0 Å². The second-order valence-electron chi connectivity index (χ2n) is 1.84. The Morgan fingerprint density at radius 3 is 2.90 bits per heavy atom. The third-order valence-corrected chi connectivity index (χ3v) is 0.926. The van der Waals surface area contributed by atoms with Crippen LogP contribution in [0.1, 0.15) is 19.8 Å². The number of ether oxygens (including phenoxy) is 1. The zero-order chi connectivity index (χ0) is 7.98. The molecule has 0 rings (SSSR count). The van der Waals surface area contributed by atoms with Gasteiger partial charge in [0, 0.05) is 12.5 Å². The first-order valence-electron chi connectivity index (χ1n) is 3.17. The van der Waals surface area contributed by atoms with Crippen LogP contribution in [0.5, 0.6) is 0 Å². The van der Waals surface area contributed by atoms with Gasteiger partial charge in [-0.15, -0.1) is 0 Å². The van der Waals surface area contributed by atoms with Crippen molar-refractivity contribution in [3.63, 3.8) is 0 Å². The minimum Gasteiger partial charge on any atom is -0.428 e. The molecule has 0 bridgehead atoms. The molecule has 0 saturated heterocycles. The van der Waals surface area contributed by atoms with Gasteiger partial charge in [-0.05, 0) is 6.42 Å². The molecule has 0 radical (unpaired) electrons. The number of hydrogen-bond acceptors (Lipinski definition) is 2. The highest BCUT2D eigenvalue weighted by molar-refractivity contribution is 5.81. The van der Waals surface area contributed by atoms with E-state index in [0.29, 0.717) is 6.42 Å². The lowest BCUT2D eigenvalue weighted by molar-refractivity contribution is -0.152. The molecular weight excluding hydrogens is 135 g/mol. The van der Waals surface area contributed by atoms with Crippen LogP contribution in [0.4, 0.5) is 4.39 Å². The van der Waals surface area contributed by atoms with E-state index in [0.717, 1.165) is 6.08 Å². The van der Waals surface area contributed by atoms with E-state index in [2.05, 4.69) is 11.3 Å². The first-order chi connectivity index (χ1) is 4.70. The Bertz CT molecular complexity index is 123. The monoisotopic (exact) mass is 146 g/mol. The molecule has 10 heavy (non-hydrogen) atoms. The van der Waals surface area contributed by atoms with E-state index in [4.69, 9.17) is 0 Å². The van der Waals surface area contributed by atoms with Gasteiger partial charge in [0.1, 0.15) is 0 Å². The van der Waals surface area contributed by atoms with Crippen LogP contribution in [0.2, 0.25) is 0 Å². The third kappa shape index (κ3) is 4.06. The standard InChI is InChI=1S/C7H11FO2/c1-3-5-6(8)10-7(9)4-2/h4,6H,2-3,5H2,1H3. The summed E-state index contributed by atoms with van der Waals surface area (Å²) in [4.78, 5) is 10.3. The average molecular weight is 146 g/mol. The molecule has 1 unspecified atom stereocenters. The quantitative estimate of drug-likeness (QED) is 0.446. The minimum absolute atomic E-state index is 0.250. The van der Waals surface area contributed by atoms with E-state index in [1.807, 2.05) is 6.92 Å². The second kappa shape index (κ2) is 4.97. The van der Waals surface area contributed by atoms with Crippen molar-refractivity contribution in [2.45, 2.75) is 26.1 Å². The largest absolute Gasteiger partial charge is 0.428 e. The summed E-state index contributed by atoms with van der Waals surface area (Å²) in [6.07, 6.45) is 0.378. The Morgan fingerprint density at radius 1 is 1.90 bits per heavy atom. The van der Waals surface area contributed by atoms with E-state index < -0.39 is 12.3 Å². The first-order valence-corrected chi connectivity index (χ1v) is 3.17. The SMILES string of the molecule is C=CC(=O)OC(F)CCC. The Kier molecular flexibility index (Phi) is 4.54. The maximum Gasteiger partial charge on any atom is 0.332 e. The molecule has 2 nitrogen and oxygen atoms in total. The number of alkyl halides is 1. The van der Waals surface area contributed by atoms with Crippen LogP contribution in [-0.4, -0.2) is 12.3 Å². The van der Waals surface area contributed by atoms with Crippen LogP contribution in [0.3, 0.4) is 0 Å². The predicted molar refractivity (Wildman–Crippen MR) is 36.1 cm³/mol. The van der Waals surface area contributed by atoms with E-state index in [1.54, 1.807) is 0 Å². The van der Waals surface area contributed by atoms with Crippen LogP contribution in [0, 0.1) is 0 Å². The van der Waals surface area contributed by atoms with E-state index in [9.17, 15) is 9.18 Å². The molecule has 0 aliphatic heterocycles. The van der Waals surface area contributed by atoms with Gasteiger partial charge in [-0.25, -0.2) is 9.18 Å². The van der Waals surface area contributed by atoms with Gasteiger partial charge in [-0.2, -0.15) is 0 Å². The minimum atomic E-state index is -1.48. The van der Waals surface area contributed by atoms with Crippen LogP contribution < -0.4 is 0 Å². The van der Waals surface area contributed by atoms with Crippen LogP contribution in [0.15, 0.2) is 12.7 Å². The summed E-state index contributed by atoms with van der Waals surface area (Å²) in [7, 11) is 0. The van der Waals surface area contributed by atoms with Gasteiger partial charge in [-0.3, -0.25) is 0 Å². The highest BCUT2D eigenvalue weighted by Crippen LogP contribution is 2.03. The third-order valence-electron chi connectivity index (χ3n) is 0.926. The van der Waals surface area contributed by atoms with Gasteiger partial charge in [0.2, 0.25) is 6.36 Å². The maximum absolute atomic E-state index is 12.3. The molecule has 58 valence electrons. The smallest absolute Gasteiger partial charge is 0.332 e. The van der Waals surface area contributed by atoms with Crippen molar-refractivity contribution < 1.29 is 13.9 Å². The summed E-state index contributed by atoms with van der Waals surface area (Å²) in [5.41, 5.74) is 0. The number of esters is 1. The molecule has 0 aliphatic carbocycles. The van der Waals surface area contributed by atoms with Crippen molar-refractivity contribution in [2.24, 2.45) is 0 Å².